The van der Waals surface area contributed by atoms with E-state index in [4.69, 9.17) is 16.7 Å². The minimum absolute atomic E-state index is 0.0331. The van der Waals surface area contributed by atoms with Crippen LogP contribution in [0.25, 0.3) is 0 Å². The SMILES string of the molecule is O=c1[nH]c(CCl)c(CO)cc1C(F)F. The fraction of sp³-hybridized carbons (Fsp3) is 0.375. The average Bonchev–Trinajstić information content (AvgIpc) is 2.16. The number of aliphatic hydroxyl groups is 1. The summed E-state index contributed by atoms with van der Waals surface area (Å²) >= 11 is 5.45. The zero-order chi connectivity index (χ0) is 10.7. The van der Waals surface area contributed by atoms with Crippen LogP contribution in [0.15, 0.2) is 10.9 Å². The number of aromatic nitrogens is 1. The normalized spacial score (nSPS) is 10.9. The maximum Gasteiger partial charge on any atom is 0.269 e. The maximum atomic E-state index is 12.2. The van der Waals surface area contributed by atoms with Gasteiger partial charge in [0.25, 0.3) is 12.0 Å². The predicted molar refractivity (Wildman–Crippen MR) is 47.5 cm³/mol. The van der Waals surface area contributed by atoms with Crippen molar-refractivity contribution in [3.63, 3.8) is 0 Å². The molecule has 1 aromatic heterocycles. The van der Waals surface area contributed by atoms with E-state index in [-0.39, 0.29) is 17.1 Å². The van der Waals surface area contributed by atoms with E-state index in [1.807, 2.05) is 0 Å². The van der Waals surface area contributed by atoms with Gasteiger partial charge in [-0.2, -0.15) is 0 Å². The number of alkyl halides is 3. The third-order valence-electron chi connectivity index (χ3n) is 1.78. The Morgan fingerprint density at radius 1 is 1.57 bits per heavy atom. The van der Waals surface area contributed by atoms with E-state index in [0.717, 1.165) is 6.07 Å². The smallest absolute Gasteiger partial charge is 0.269 e. The predicted octanol–water partition coefficient (Wildman–Crippen LogP) is 1.54. The molecule has 0 amide bonds. The zero-order valence-electron chi connectivity index (χ0n) is 7.06. The molecule has 0 bridgehead atoms. The Morgan fingerprint density at radius 3 is 2.64 bits per heavy atom. The Balaban J connectivity index is 3.31. The summed E-state index contributed by atoms with van der Waals surface area (Å²) in [5.74, 6) is -0.0331. The Kier molecular flexibility index (Phi) is 3.60. The molecule has 0 aliphatic heterocycles. The van der Waals surface area contributed by atoms with Crippen LogP contribution in [0.3, 0.4) is 0 Å². The molecule has 0 aliphatic carbocycles. The Bertz CT molecular complexity index is 378. The standard InChI is InChI=1S/C8H8ClF2NO2/c9-2-6-4(3-13)1-5(7(10)11)8(14)12-6/h1,7,13H,2-3H2,(H,12,14). The summed E-state index contributed by atoms with van der Waals surface area (Å²) in [5, 5.41) is 8.82. The molecule has 1 aromatic rings. The molecule has 78 valence electrons. The molecule has 0 atom stereocenters. The van der Waals surface area contributed by atoms with E-state index >= 15 is 0 Å². The number of rotatable bonds is 3. The largest absolute Gasteiger partial charge is 0.392 e. The van der Waals surface area contributed by atoms with Crippen LogP contribution in [0.2, 0.25) is 0 Å². The first-order valence-corrected chi connectivity index (χ1v) is 4.33. The molecule has 14 heavy (non-hydrogen) atoms. The van der Waals surface area contributed by atoms with Crippen molar-refractivity contribution in [2.45, 2.75) is 18.9 Å². The molecule has 0 aromatic carbocycles. The fourth-order valence-corrected chi connectivity index (χ4v) is 1.29. The topological polar surface area (TPSA) is 53.1 Å². The molecule has 0 saturated carbocycles. The number of aromatic amines is 1. The zero-order valence-corrected chi connectivity index (χ0v) is 7.81. The van der Waals surface area contributed by atoms with E-state index in [1.54, 1.807) is 0 Å². The molecule has 0 saturated heterocycles. The Hall–Kier alpha value is -0.940. The molecule has 3 nitrogen and oxygen atoms in total. The van der Waals surface area contributed by atoms with Crippen molar-refractivity contribution >= 4 is 11.6 Å². The first-order chi connectivity index (χ1) is 6.60. The molecular weight excluding hydrogens is 216 g/mol. The van der Waals surface area contributed by atoms with Gasteiger partial charge in [-0.15, -0.1) is 11.6 Å². The van der Waals surface area contributed by atoms with E-state index in [0.29, 0.717) is 0 Å². The molecule has 0 radical (unpaired) electrons. The Morgan fingerprint density at radius 2 is 2.21 bits per heavy atom. The van der Waals surface area contributed by atoms with Crippen LogP contribution in [-0.4, -0.2) is 10.1 Å². The first-order valence-electron chi connectivity index (χ1n) is 3.80. The van der Waals surface area contributed by atoms with Crippen LogP contribution in [0, 0.1) is 0 Å². The molecule has 0 spiro atoms. The minimum Gasteiger partial charge on any atom is -0.392 e. The van der Waals surface area contributed by atoms with Gasteiger partial charge >= 0.3 is 0 Å². The van der Waals surface area contributed by atoms with Gasteiger partial charge in [-0.3, -0.25) is 4.79 Å². The van der Waals surface area contributed by atoms with Crippen LogP contribution in [0.5, 0.6) is 0 Å². The van der Waals surface area contributed by atoms with Crippen molar-refractivity contribution in [1.82, 2.24) is 4.98 Å². The number of hydrogen-bond acceptors (Lipinski definition) is 2. The lowest BCUT2D eigenvalue weighted by molar-refractivity contribution is 0.149. The summed E-state index contributed by atoms with van der Waals surface area (Å²) in [6.45, 7) is -0.432. The number of hydrogen-bond donors (Lipinski definition) is 2. The highest BCUT2D eigenvalue weighted by Gasteiger charge is 2.14. The van der Waals surface area contributed by atoms with Gasteiger partial charge in [0.15, 0.2) is 0 Å². The monoisotopic (exact) mass is 223 g/mol. The molecule has 1 heterocycles. The van der Waals surface area contributed by atoms with Crippen LogP contribution in [-0.2, 0) is 12.5 Å². The van der Waals surface area contributed by atoms with Crippen molar-refractivity contribution in [1.29, 1.82) is 0 Å². The highest BCUT2D eigenvalue weighted by molar-refractivity contribution is 6.17. The van der Waals surface area contributed by atoms with Gasteiger partial charge in [0, 0.05) is 5.69 Å². The summed E-state index contributed by atoms with van der Waals surface area (Å²) in [6, 6.07) is 0.973. The van der Waals surface area contributed by atoms with Gasteiger partial charge in [0.2, 0.25) is 0 Å². The summed E-state index contributed by atoms with van der Waals surface area (Å²) in [5.41, 5.74) is -1.03. The summed E-state index contributed by atoms with van der Waals surface area (Å²) < 4.78 is 24.5. The van der Waals surface area contributed by atoms with Crippen molar-refractivity contribution in [3.05, 3.63) is 33.2 Å². The van der Waals surface area contributed by atoms with E-state index < -0.39 is 24.2 Å². The van der Waals surface area contributed by atoms with Gasteiger partial charge in [-0.05, 0) is 11.6 Å². The van der Waals surface area contributed by atoms with E-state index in [9.17, 15) is 13.6 Å². The molecule has 2 N–H and O–H groups in total. The molecule has 1 rings (SSSR count). The van der Waals surface area contributed by atoms with Crippen LogP contribution < -0.4 is 5.56 Å². The van der Waals surface area contributed by atoms with Crippen molar-refractivity contribution in [3.8, 4) is 0 Å². The van der Waals surface area contributed by atoms with E-state index in [1.165, 1.54) is 0 Å². The number of H-pyrrole nitrogens is 1. The second-order valence-corrected chi connectivity index (χ2v) is 2.92. The van der Waals surface area contributed by atoms with Gasteiger partial charge in [0.05, 0.1) is 18.1 Å². The minimum atomic E-state index is -2.85. The lowest BCUT2D eigenvalue weighted by Crippen LogP contribution is -2.16. The van der Waals surface area contributed by atoms with Crippen molar-refractivity contribution in [2.75, 3.05) is 0 Å². The maximum absolute atomic E-state index is 12.2. The lowest BCUT2D eigenvalue weighted by Gasteiger charge is -2.06. The molecule has 6 heteroatoms. The van der Waals surface area contributed by atoms with Gasteiger partial charge in [-0.25, -0.2) is 8.78 Å². The molecular formula is C8H8ClF2NO2. The van der Waals surface area contributed by atoms with Gasteiger partial charge < -0.3 is 10.1 Å². The quantitative estimate of drug-likeness (QED) is 0.764. The summed E-state index contributed by atoms with van der Waals surface area (Å²) in [7, 11) is 0. The van der Waals surface area contributed by atoms with Crippen LogP contribution >= 0.6 is 11.6 Å². The average molecular weight is 224 g/mol. The van der Waals surface area contributed by atoms with E-state index in [2.05, 4.69) is 4.98 Å². The van der Waals surface area contributed by atoms with Crippen molar-refractivity contribution < 1.29 is 13.9 Å². The van der Waals surface area contributed by atoms with Crippen LogP contribution in [0.1, 0.15) is 23.2 Å². The second kappa shape index (κ2) is 4.52. The van der Waals surface area contributed by atoms with Gasteiger partial charge in [0.1, 0.15) is 0 Å². The fourth-order valence-electron chi connectivity index (χ4n) is 1.05. The summed E-state index contributed by atoms with van der Waals surface area (Å²) in [6.07, 6.45) is -2.85. The number of aliphatic hydroxyl groups excluding tert-OH is 1. The number of nitrogens with one attached hydrogen (secondary N) is 1. The highest BCUT2D eigenvalue weighted by atomic mass is 35.5. The highest BCUT2D eigenvalue weighted by Crippen LogP contribution is 2.17. The summed E-state index contributed by atoms with van der Waals surface area (Å²) in [4.78, 5) is 13.2. The molecule has 0 unspecified atom stereocenters. The lowest BCUT2D eigenvalue weighted by atomic mass is 10.1. The third-order valence-corrected chi connectivity index (χ3v) is 2.05. The number of halogens is 3. The van der Waals surface area contributed by atoms with Crippen molar-refractivity contribution in [2.24, 2.45) is 0 Å². The third kappa shape index (κ3) is 2.10. The molecule has 0 fully saturated rings. The second-order valence-electron chi connectivity index (χ2n) is 2.65. The Labute approximate surface area is 83.3 Å². The first kappa shape index (κ1) is 11.1. The number of pyridine rings is 1. The van der Waals surface area contributed by atoms with Gasteiger partial charge in [-0.1, -0.05) is 0 Å². The molecule has 0 aliphatic rings. The van der Waals surface area contributed by atoms with Crippen LogP contribution in [0.4, 0.5) is 8.78 Å².